The standard InChI is InChI=1S/C11H15BrClNO/c1-6(2)11(15)10(14)7-3-4-9(13)8(12)5-7/h3-6,10-11,15H,14H2,1-2H3/t10-,11+/m0/s1. The number of hydrogen-bond donors (Lipinski definition) is 2. The largest absolute Gasteiger partial charge is 0.391 e. The molecule has 0 saturated carbocycles. The van der Waals surface area contributed by atoms with Gasteiger partial charge in [0.15, 0.2) is 0 Å². The van der Waals surface area contributed by atoms with Crippen LogP contribution in [0.25, 0.3) is 0 Å². The normalized spacial score (nSPS) is 15.4. The molecule has 0 radical (unpaired) electrons. The van der Waals surface area contributed by atoms with Gasteiger partial charge in [-0.2, -0.15) is 0 Å². The lowest BCUT2D eigenvalue weighted by atomic mass is 9.95. The molecule has 4 heteroatoms. The summed E-state index contributed by atoms with van der Waals surface area (Å²) >= 11 is 9.21. The Labute approximate surface area is 104 Å². The number of nitrogens with two attached hydrogens (primary N) is 1. The number of aliphatic hydroxyl groups excluding tert-OH is 1. The van der Waals surface area contributed by atoms with Crippen LogP contribution in [0.1, 0.15) is 25.5 Å². The van der Waals surface area contributed by atoms with Crippen LogP contribution in [0.2, 0.25) is 5.02 Å². The number of benzene rings is 1. The Morgan fingerprint density at radius 3 is 2.47 bits per heavy atom. The monoisotopic (exact) mass is 291 g/mol. The second-order valence-electron chi connectivity index (χ2n) is 3.93. The van der Waals surface area contributed by atoms with Gasteiger partial charge in [0.1, 0.15) is 0 Å². The highest BCUT2D eigenvalue weighted by atomic mass is 79.9. The molecule has 0 heterocycles. The highest BCUT2D eigenvalue weighted by Gasteiger charge is 2.20. The molecule has 1 aromatic carbocycles. The van der Waals surface area contributed by atoms with E-state index in [2.05, 4.69) is 15.9 Å². The third kappa shape index (κ3) is 3.18. The Bertz CT molecular complexity index is 343. The highest BCUT2D eigenvalue weighted by Crippen LogP contribution is 2.27. The Kier molecular flexibility index (Phi) is 4.59. The van der Waals surface area contributed by atoms with Crippen molar-refractivity contribution in [3.63, 3.8) is 0 Å². The molecule has 0 fully saturated rings. The highest BCUT2D eigenvalue weighted by molar-refractivity contribution is 9.10. The van der Waals surface area contributed by atoms with Gasteiger partial charge in [-0.25, -0.2) is 0 Å². The van der Waals surface area contributed by atoms with Gasteiger partial charge in [0.05, 0.1) is 17.2 Å². The fraction of sp³-hybridized carbons (Fsp3) is 0.455. The van der Waals surface area contributed by atoms with Gasteiger partial charge in [0.25, 0.3) is 0 Å². The van der Waals surface area contributed by atoms with Crippen molar-refractivity contribution in [2.24, 2.45) is 11.7 Å². The summed E-state index contributed by atoms with van der Waals surface area (Å²) in [6.45, 7) is 3.88. The third-order valence-electron chi connectivity index (χ3n) is 2.38. The topological polar surface area (TPSA) is 46.2 Å². The average molecular weight is 293 g/mol. The summed E-state index contributed by atoms with van der Waals surface area (Å²) in [5, 5.41) is 10.5. The molecule has 0 spiro atoms. The summed E-state index contributed by atoms with van der Waals surface area (Å²) in [5.41, 5.74) is 6.83. The first-order valence-corrected chi connectivity index (χ1v) is 5.99. The smallest absolute Gasteiger partial charge is 0.0755 e. The summed E-state index contributed by atoms with van der Waals surface area (Å²) < 4.78 is 0.799. The maximum absolute atomic E-state index is 9.84. The zero-order valence-electron chi connectivity index (χ0n) is 8.74. The van der Waals surface area contributed by atoms with Crippen molar-refractivity contribution >= 4 is 27.5 Å². The van der Waals surface area contributed by atoms with Gasteiger partial charge in [-0.1, -0.05) is 31.5 Å². The molecule has 84 valence electrons. The zero-order chi connectivity index (χ0) is 11.6. The fourth-order valence-electron chi connectivity index (χ4n) is 1.33. The lowest BCUT2D eigenvalue weighted by Crippen LogP contribution is -2.30. The molecule has 3 N–H and O–H groups in total. The van der Waals surface area contributed by atoms with Gasteiger partial charge >= 0.3 is 0 Å². The van der Waals surface area contributed by atoms with Gasteiger partial charge in [0.2, 0.25) is 0 Å². The third-order valence-corrected chi connectivity index (χ3v) is 3.59. The van der Waals surface area contributed by atoms with E-state index in [0.29, 0.717) is 5.02 Å². The summed E-state index contributed by atoms with van der Waals surface area (Å²) in [6.07, 6.45) is -0.543. The predicted octanol–water partition coefficient (Wildman–Crippen LogP) is 3.12. The van der Waals surface area contributed by atoms with E-state index in [9.17, 15) is 5.11 Å². The van der Waals surface area contributed by atoms with Crippen molar-refractivity contribution in [3.05, 3.63) is 33.3 Å². The van der Waals surface area contributed by atoms with Crippen molar-refractivity contribution < 1.29 is 5.11 Å². The molecule has 0 saturated heterocycles. The van der Waals surface area contributed by atoms with Crippen LogP contribution in [0.4, 0.5) is 0 Å². The van der Waals surface area contributed by atoms with Crippen molar-refractivity contribution in [2.75, 3.05) is 0 Å². The molecule has 2 nitrogen and oxygen atoms in total. The molecule has 0 unspecified atom stereocenters. The molecule has 0 aliphatic carbocycles. The molecule has 1 aromatic rings. The minimum Gasteiger partial charge on any atom is -0.391 e. The van der Waals surface area contributed by atoms with Crippen LogP contribution in [0, 0.1) is 5.92 Å². The van der Waals surface area contributed by atoms with E-state index in [1.54, 1.807) is 6.07 Å². The van der Waals surface area contributed by atoms with Crippen LogP contribution in [-0.2, 0) is 0 Å². The maximum Gasteiger partial charge on any atom is 0.0755 e. The van der Waals surface area contributed by atoms with Crippen LogP contribution in [0.5, 0.6) is 0 Å². The summed E-state index contributed by atoms with van der Waals surface area (Å²) in [6, 6.07) is 5.08. The minimum absolute atomic E-state index is 0.134. The molecule has 0 bridgehead atoms. The molecule has 0 aromatic heterocycles. The minimum atomic E-state index is -0.543. The number of hydrogen-bond acceptors (Lipinski definition) is 2. The van der Waals surface area contributed by atoms with Crippen molar-refractivity contribution in [1.29, 1.82) is 0 Å². The maximum atomic E-state index is 9.84. The van der Waals surface area contributed by atoms with Gasteiger partial charge in [-0.05, 0) is 39.5 Å². The second kappa shape index (κ2) is 5.30. The van der Waals surface area contributed by atoms with Gasteiger partial charge in [-0.3, -0.25) is 0 Å². The van der Waals surface area contributed by atoms with Crippen LogP contribution in [-0.4, -0.2) is 11.2 Å². The molecule has 2 atom stereocenters. The zero-order valence-corrected chi connectivity index (χ0v) is 11.1. The first-order chi connectivity index (χ1) is 6.93. The summed E-state index contributed by atoms with van der Waals surface area (Å²) in [5.74, 6) is 0.134. The van der Waals surface area contributed by atoms with Crippen LogP contribution < -0.4 is 5.73 Å². The lowest BCUT2D eigenvalue weighted by Gasteiger charge is -2.22. The average Bonchev–Trinajstić information content (AvgIpc) is 2.19. The first-order valence-electron chi connectivity index (χ1n) is 4.82. The second-order valence-corrected chi connectivity index (χ2v) is 5.20. The summed E-state index contributed by atoms with van der Waals surface area (Å²) in [7, 11) is 0. The van der Waals surface area contributed by atoms with Crippen LogP contribution >= 0.6 is 27.5 Å². The van der Waals surface area contributed by atoms with E-state index in [-0.39, 0.29) is 12.0 Å². The van der Waals surface area contributed by atoms with Gasteiger partial charge in [0, 0.05) is 4.47 Å². The molecular formula is C11H15BrClNO. The van der Waals surface area contributed by atoms with E-state index in [1.165, 1.54) is 0 Å². The Hall–Kier alpha value is -0.0900. The SMILES string of the molecule is CC(C)[C@@H](O)[C@@H](N)c1ccc(Cl)c(Br)c1. The van der Waals surface area contributed by atoms with E-state index in [1.807, 2.05) is 26.0 Å². The van der Waals surface area contributed by atoms with Crippen LogP contribution in [0.15, 0.2) is 22.7 Å². The Balaban J connectivity index is 2.91. The quantitative estimate of drug-likeness (QED) is 0.899. The van der Waals surface area contributed by atoms with Crippen LogP contribution in [0.3, 0.4) is 0 Å². The number of rotatable bonds is 3. The molecule has 15 heavy (non-hydrogen) atoms. The van der Waals surface area contributed by atoms with Crippen molar-refractivity contribution in [1.82, 2.24) is 0 Å². The van der Waals surface area contributed by atoms with Gasteiger partial charge in [-0.15, -0.1) is 0 Å². The Morgan fingerprint density at radius 2 is 2.00 bits per heavy atom. The first kappa shape index (κ1) is 13.0. The number of halogens is 2. The van der Waals surface area contributed by atoms with E-state index < -0.39 is 6.10 Å². The molecular weight excluding hydrogens is 277 g/mol. The van der Waals surface area contributed by atoms with E-state index >= 15 is 0 Å². The predicted molar refractivity (Wildman–Crippen MR) is 66.9 cm³/mol. The fourth-order valence-corrected chi connectivity index (χ4v) is 1.85. The van der Waals surface area contributed by atoms with Gasteiger partial charge < -0.3 is 10.8 Å². The molecule has 0 amide bonds. The van der Waals surface area contributed by atoms with E-state index in [4.69, 9.17) is 17.3 Å². The Morgan fingerprint density at radius 1 is 1.40 bits per heavy atom. The lowest BCUT2D eigenvalue weighted by molar-refractivity contribution is 0.0979. The molecule has 0 aliphatic rings. The van der Waals surface area contributed by atoms with Crippen molar-refractivity contribution in [2.45, 2.75) is 26.0 Å². The molecule has 1 rings (SSSR count). The number of aliphatic hydroxyl groups is 1. The van der Waals surface area contributed by atoms with Crippen molar-refractivity contribution in [3.8, 4) is 0 Å². The molecule has 0 aliphatic heterocycles. The summed E-state index contributed by atoms with van der Waals surface area (Å²) in [4.78, 5) is 0. The van der Waals surface area contributed by atoms with E-state index in [0.717, 1.165) is 10.0 Å².